The van der Waals surface area contributed by atoms with Gasteiger partial charge in [-0.05, 0) is 56.0 Å². The lowest BCUT2D eigenvalue weighted by molar-refractivity contribution is 0.324. The second-order valence-electron chi connectivity index (χ2n) is 7.80. The van der Waals surface area contributed by atoms with Crippen LogP contribution in [0, 0.1) is 5.92 Å². The number of imidazole rings is 1. The Hall–Kier alpha value is -2.70. The van der Waals surface area contributed by atoms with E-state index < -0.39 is 0 Å². The molecule has 0 saturated carbocycles. The summed E-state index contributed by atoms with van der Waals surface area (Å²) in [7, 11) is 0. The average molecular weight is 424 g/mol. The summed E-state index contributed by atoms with van der Waals surface area (Å²) in [6, 6.07) is 16.6. The van der Waals surface area contributed by atoms with E-state index in [1.54, 1.807) is 0 Å². The number of nitrogens with zero attached hydrogens (tertiary/aromatic N) is 4. The normalized spacial score (nSPS) is 14.7. The molecule has 4 aromatic rings. The summed E-state index contributed by atoms with van der Waals surface area (Å²) >= 11 is 0. The van der Waals surface area contributed by atoms with Crippen molar-refractivity contribution in [3.8, 4) is 11.4 Å². The first-order chi connectivity index (χ1) is 14.3. The molecule has 0 aliphatic carbocycles. The fourth-order valence-corrected chi connectivity index (χ4v) is 4.06. The number of fused-ring (bicyclic) bond motifs is 1. The molecule has 0 spiro atoms. The zero-order valence-corrected chi connectivity index (χ0v) is 17.6. The highest BCUT2D eigenvalue weighted by molar-refractivity contribution is 5.85. The standard InChI is InChI=1S/C23H25N5O.ClH/c1-2-4-21-20(3-1)25-16-28(21)15-18-5-8-19(9-6-18)23-26-22(29-27-23)10-7-17-11-13-24-14-12-17;/h1-6,8-9,16-17,24H,7,10-15H2;1H. The molecule has 0 atom stereocenters. The number of piperidine rings is 1. The van der Waals surface area contributed by atoms with Crippen LogP contribution in [0.4, 0.5) is 0 Å². The van der Waals surface area contributed by atoms with Crippen molar-refractivity contribution in [2.24, 2.45) is 5.92 Å². The van der Waals surface area contributed by atoms with Crippen LogP contribution in [-0.4, -0.2) is 32.8 Å². The number of aryl methyl sites for hydroxylation is 1. The van der Waals surface area contributed by atoms with Crippen molar-refractivity contribution < 1.29 is 4.52 Å². The smallest absolute Gasteiger partial charge is 0.226 e. The van der Waals surface area contributed by atoms with Crippen molar-refractivity contribution in [3.05, 3.63) is 66.3 Å². The molecule has 156 valence electrons. The number of hydrogen-bond donors (Lipinski definition) is 1. The highest BCUT2D eigenvalue weighted by Gasteiger charge is 2.15. The van der Waals surface area contributed by atoms with Gasteiger partial charge >= 0.3 is 0 Å². The maximum absolute atomic E-state index is 5.48. The van der Waals surface area contributed by atoms with Gasteiger partial charge in [-0.25, -0.2) is 4.98 Å². The lowest BCUT2D eigenvalue weighted by Crippen LogP contribution is -2.27. The van der Waals surface area contributed by atoms with Crippen LogP contribution >= 0.6 is 12.4 Å². The van der Waals surface area contributed by atoms with Gasteiger partial charge in [-0.15, -0.1) is 12.4 Å². The number of halogens is 1. The van der Waals surface area contributed by atoms with E-state index in [-0.39, 0.29) is 12.4 Å². The summed E-state index contributed by atoms with van der Waals surface area (Å²) in [5.41, 5.74) is 4.37. The van der Waals surface area contributed by atoms with Gasteiger partial charge in [0.15, 0.2) is 0 Å². The minimum absolute atomic E-state index is 0. The Bertz CT molecular complexity index is 1080. The van der Waals surface area contributed by atoms with Crippen LogP contribution in [0.25, 0.3) is 22.4 Å². The molecule has 2 aromatic carbocycles. The molecule has 1 aliphatic heterocycles. The van der Waals surface area contributed by atoms with Crippen molar-refractivity contribution in [1.29, 1.82) is 0 Å². The third-order valence-electron chi connectivity index (χ3n) is 5.79. The van der Waals surface area contributed by atoms with Crippen LogP contribution in [0.3, 0.4) is 0 Å². The fourth-order valence-electron chi connectivity index (χ4n) is 4.06. The monoisotopic (exact) mass is 423 g/mol. The van der Waals surface area contributed by atoms with Gasteiger partial charge in [-0.1, -0.05) is 41.6 Å². The Morgan fingerprint density at radius 2 is 1.83 bits per heavy atom. The Kier molecular flexibility index (Phi) is 6.45. The van der Waals surface area contributed by atoms with E-state index in [0.717, 1.165) is 60.9 Å². The van der Waals surface area contributed by atoms with Gasteiger partial charge in [0.1, 0.15) is 0 Å². The van der Waals surface area contributed by atoms with E-state index in [9.17, 15) is 0 Å². The lowest BCUT2D eigenvalue weighted by atomic mass is 9.93. The summed E-state index contributed by atoms with van der Waals surface area (Å²) in [6.07, 6.45) is 6.38. The zero-order valence-electron chi connectivity index (χ0n) is 16.8. The first-order valence-electron chi connectivity index (χ1n) is 10.4. The molecular formula is C23H26ClN5O. The first kappa shape index (κ1) is 20.6. The second-order valence-corrected chi connectivity index (χ2v) is 7.80. The maximum atomic E-state index is 5.48. The summed E-state index contributed by atoms with van der Waals surface area (Å²) in [5, 5.41) is 7.59. The molecule has 5 rings (SSSR count). The number of benzene rings is 2. The van der Waals surface area contributed by atoms with Crippen LogP contribution in [0.5, 0.6) is 0 Å². The molecule has 0 radical (unpaired) electrons. The molecule has 30 heavy (non-hydrogen) atoms. The molecule has 1 saturated heterocycles. The highest BCUT2D eigenvalue weighted by atomic mass is 35.5. The zero-order chi connectivity index (χ0) is 19.5. The van der Waals surface area contributed by atoms with Crippen molar-refractivity contribution in [2.45, 2.75) is 32.2 Å². The van der Waals surface area contributed by atoms with Crippen molar-refractivity contribution in [3.63, 3.8) is 0 Å². The largest absolute Gasteiger partial charge is 0.339 e. The van der Waals surface area contributed by atoms with Gasteiger partial charge in [-0.2, -0.15) is 4.98 Å². The molecule has 2 aromatic heterocycles. The minimum Gasteiger partial charge on any atom is -0.339 e. The van der Waals surface area contributed by atoms with Crippen LogP contribution in [0.1, 0.15) is 30.7 Å². The molecule has 1 aliphatic rings. The van der Waals surface area contributed by atoms with E-state index in [2.05, 4.69) is 55.3 Å². The number of nitrogens with one attached hydrogen (secondary N) is 1. The molecule has 0 amide bonds. The molecular weight excluding hydrogens is 398 g/mol. The summed E-state index contributed by atoms with van der Waals surface area (Å²) in [6.45, 7) is 3.04. The quantitative estimate of drug-likeness (QED) is 0.495. The summed E-state index contributed by atoms with van der Waals surface area (Å²) < 4.78 is 7.65. The van der Waals surface area contributed by atoms with E-state index >= 15 is 0 Å². The van der Waals surface area contributed by atoms with Crippen molar-refractivity contribution >= 4 is 23.4 Å². The van der Waals surface area contributed by atoms with Crippen molar-refractivity contribution in [1.82, 2.24) is 25.0 Å². The Balaban J connectivity index is 0.00000218. The Morgan fingerprint density at radius 1 is 1.03 bits per heavy atom. The predicted octanol–water partition coefficient (Wildman–Crippen LogP) is 4.49. The number of hydrogen-bond acceptors (Lipinski definition) is 5. The van der Waals surface area contributed by atoms with Crippen molar-refractivity contribution in [2.75, 3.05) is 13.1 Å². The first-order valence-corrected chi connectivity index (χ1v) is 10.4. The van der Waals surface area contributed by atoms with E-state index in [0.29, 0.717) is 5.82 Å². The molecule has 0 unspecified atom stereocenters. The molecule has 0 bridgehead atoms. The SMILES string of the molecule is Cl.c1ccc2c(c1)ncn2Cc1ccc(-c2noc(CCC3CCNCC3)n2)cc1. The van der Waals surface area contributed by atoms with Crippen LogP contribution < -0.4 is 5.32 Å². The van der Waals surface area contributed by atoms with E-state index in [1.165, 1.54) is 18.4 Å². The third-order valence-corrected chi connectivity index (χ3v) is 5.79. The fraction of sp³-hybridized carbons (Fsp3) is 0.348. The summed E-state index contributed by atoms with van der Waals surface area (Å²) in [5.74, 6) is 2.18. The average Bonchev–Trinajstić information content (AvgIpc) is 3.41. The van der Waals surface area contributed by atoms with Crippen LogP contribution in [0.15, 0.2) is 59.4 Å². The molecule has 1 N–H and O–H groups in total. The van der Waals surface area contributed by atoms with Crippen LogP contribution in [0.2, 0.25) is 0 Å². The second kappa shape index (κ2) is 9.41. The van der Waals surface area contributed by atoms with Gasteiger partial charge in [0.05, 0.1) is 17.4 Å². The highest BCUT2D eigenvalue weighted by Crippen LogP contribution is 2.21. The summed E-state index contributed by atoms with van der Waals surface area (Å²) in [4.78, 5) is 9.06. The number of aromatic nitrogens is 4. The predicted molar refractivity (Wildman–Crippen MR) is 120 cm³/mol. The molecule has 7 heteroatoms. The Labute approximate surface area is 182 Å². The number of para-hydroxylation sites is 2. The molecule has 3 heterocycles. The van der Waals surface area contributed by atoms with Gasteiger partial charge in [0.25, 0.3) is 0 Å². The van der Waals surface area contributed by atoms with E-state index in [1.807, 2.05) is 24.5 Å². The minimum atomic E-state index is 0. The molecule has 6 nitrogen and oxygen atoms in total. The Morgan fingerprint density at radius 3 is 2.67 bits per heavy atom. The third kappa shape index (κ3) is 4.55. The maximum Gasteiger partial charge on any atom is 0.226 e. The number of rotatable bonds is 6. The topological polar surface area (TPSA) is 68.8 Å². The van der Waals surface area contributed by atoms with E-state index in [4.69, 9.17) is 4.52 Å². The van der Waals surface area contributed by atoms with Gasteiger partial charge in [0.2, 0.25) is 11.7 Å². The van der Waals surface area contributed by atoms with Crippen LogP contribution in [-0.2, 0) is 13.0 Å². The van der Waals surface area contributed by atoms with Gasteiger partial charge in [0, 0.05) is 18.5 Å². The lowest BCUT2D eigenvalue weighted by Gasteiger charge is -2.21. The van der Waals surface area contributed by atoms with Gasteiger partial charge in [-0.3, -0.25) is 0 Å². The van der Waals surface area contributed by atoms with Gasteiger partial charge < -0.3 is 14.4 Å². The molecule has 1 fully saturated rings.